The molecule has 0 atom stereocenters. The number of hydrogen-bond donors (Lipinski definition) is 1. The van der Waals surface area contributed by atoms with Crippen LogP contribution in [0.4, 0.5) is 0 Å². The Kier molecular flexibility index (Phi) is 6.80. The highest BCUT2D eigenvalue weighted by Gasteiger charge is 2.21. The molecule has 0 saturated heterocycles. The van der Waals surface area contributed by atoms with Crippen molar-refractivity contribution >= 4 is 20.0 Å². The van der Waals surface area contributed by atoms with E-state index in [0.717, 1.165) is 9.87 Å². The van der Waals surface area contributed by atoms with Gasteiger partial charge in [-0.1, -0.05) is 44.2 Å². The maximum absolute atomic E-state index is 12.5. The molecule has 8 heteroatoms. The van der Waals surface area contributed by atoms with Crippen LogP contribution in [0.15, 0.2) is 58.3 Å². The van der Waals surface area contributed by atoms with Crippen LogP contribution >= 0.6 is 0 Å². The van der Waals surface area contributed by atoms with Crippen LogP contribution in [0.2, 0.25) is 0 Å². The van der Waals surface area contributed by atoms with Crippen molar-refractivity contribution in [2.24, 2.45) is 0 Å². The molecule has 0 aliphatic carbocycles. The number of sulfonamides is 2. The van der Waals surface area contributed by atoms with E-state index in [0.29, 0.717) is 12.3 Å². The molecule has 0 saturated carbocycles. The number of nitrogens with one attached hydrogen (secondary N) is 1. The zero-order chi connectivity index (χ0) is 20.2. The first-order chi connectivity index (χ1) is 12.5. The maximum Gasteiger partial charge on any atom is 0.242 e. The second-order valence-electron chi connectivity index (χ2n) is 6.81. The first-order valence-corrected chi connectivity index (χ1v) is 11.6. The van der Waals surface area contributed by atoms with Gasteiger partial charge in [-0.15, -0.1) is 0 Å². The maximum atomic E-state index is 12.5. The van der Waals surface area contributed by atoms with E-state index in [1.54, 1.807) is 0 Å². The Labute approximate surface area is 162 Å². The fourth-order valence-corrected chi connectivity index (χ4v) is 4.59. The van der Waals surface area contributed by atoms with Gasteiger partial charge in [0.25, 0.3) is 0 Å². The summed E-state index contributed by atoms with van der Waals surface area (Å²) >= 11 is 0. The van der Waals surface area contributed by atoms with E-state index < -0.39 is 20.0 Å². The molecule has 0 aliphatic heterocycles. The third-order valence-corrected chi connectivity index (χ3v) is 7.52. The summed E-state index contributed by atoms with van der Waals surface area (Å²) in [4.78, 5) is -0.125. The molecule has 0 aliphatic rings. The van der Waals surface area contributed by atoms with E-state index in [-0.39, 0.29) is 16.3 Å². The summed E-state index contributed by atoms with van der Waals surface area (Å²) in [6.45, 7) is 4.47. The second kappa shape index (κ2) is 8.52. The van der Waals surface area contributed by atoms with Gasteiger partial charge in [-0.3, -0.25) is 0 Å². The van der Waals surface area contributed by atoms with Gasteiger partial charge in [0.05, 0.1) is 9.79 Å². The summed E-state index contributed by atoms with van der Waals surface area (Å²) in [5.41, 5.74) is 2.27. The standard InChI is InChI=1S/C19H26N2O4S2/c1-15(2)17-10-8-16(9-11-17)12-13-20-26(22,23)18-6-5-7-19(14-18)27(24,25)21(3)4/h5-11,14-15,20H,12-13H2,1-4H3. The quantitative estimate of drug-likeness (QED) is 0.725. The van der Waals surface area contributed by atoms with E-state index in [4.69, 9.17) is 0 Å². The zero-order valence-electron chi connectivity index (χ0n) is 16.0. The molecule has 6 nitrogen and oxygen atoms in total. The minimum absolute atomic E-state index is 0.0559. The predicted molar refractivity (Wildman–Crippen MR) is 107 cm³/mol. The van der Waals surface area contributed by atoms with Crippen LogP contribution in [0.25, 0.3) is 0 Å². The molecule has 0 bridgehead atoms. The fourth-order valence-electron chi connectivity index (χ4n) is 2.49. The molecular weight excluding hydrogens is 384 g/mol. The molecule has 2 rings (SSSR count). The minimum atomic E-state index is -3.79. The highest BCUT2D eigenvalue weighted by Crippen LogP contribution is 2.18. The third-order valence-electron chi connectivity index (χ3n) is 4.25. The smallest absolute Gasteiger partial charge is 0.211 e. The summed E-state index contributed by atoms with van der Waals surface area (Å²) < 4.78 is 53.0. The first kappa shape index (κ1) is 21.6. The summed E-state index contributed by atoms with van der Waals surface area (Å²) in [7, 11) is -4.68. The fraction of sp³-hybridized carbons (Fsp3) is 0.368. The molecule has 0 unspecified atom stereocenters. The highest BCUT2D eigenvalue weighted by atomic mass is 32.2. The number of benzene rings is 2. The van der Waals surface area contributed by atoms with E-state index in [1.807, 2.05) is 24.3 Å². The number of rotatable bonds is 8. The van der Waals surface area contributed by atoms with Crippen molar-refractivity contribution in [1.29, 1.82) is 0 Å². The summed E-state index contributed by atoms with van der Waals surface area (Å²) in [6.07, 6.45) is 0.549. The topological polar surface area (TPSA) is 83.5 Å². The SMILES string of the molecule is CC(C)c1ccc(CCNS(=O)(=O)c2cccc(S(=O)(=O)N(C)C)c2)cc1. The molecule has 0 fully saturated rings. The van der Waals surface area contributed by atoms with Crippen molar-refractivity contribution in [3.05, 3.63) is 59.7 Å². The third kappa shape index (κ3) is 5.38. The summed E-state index contributed by atoms with van der Waals surface area (Å²) in [6, 6.07) is 13.4. The largest absolute Gasteiger partial charge is 0.242 e. The van der Waals surface area contributed by atoms with Crippen LogP contribution < -0.4 is 4.72 Å². The number of hydrogen-bond acceptors (Lipinski definition) is 4. The Morgan fingerprint density at radius 1 is 0.926 bits per heavy atom. The average molecular weight is 411 g/mol. The molecule has 0 spiro atoms. The molecule has 27 heavy (non-hydrogen) atoms. The van der Waals surface area contributed by atoms with E-state index in [2.05, 4.69) is 18.6 Å². The van der Waals surface area contributed by atoms with Gasteiger partial charge in [0.2, 0.25) is 20.0 Å². The Morgan fingerprint density at radius 3 is 2.07 bits per heavy atom. The normalized spacial score (nSPS) is 12.7. The highest BCUT2D eigenvalue weighted by molar-refractivity contribution is 7.90. The van der Waals surface area contributed by atoms with Gasteiger partial charge in [0, 0.05) is 20.6 Å². The zero-order valence-corrected chi connectivity index (χ0v) is 17.6. The number of nitrogens with zero attached hydrogens (tertiary/aromatic N) is 1. The van der Waals surface area contributed by atoms with Crippen molar-refractivity contribution in [2.45, 2.75) is 36.0 Å². The van der Waals surface area contributed by atoms with E-state index in [9.17, 15) is 16.8 Å². The molecule has 1 N–H and O–H groups in total. The Hall–Kier alpha value is -1.74. The lowest BCUT2D eigenvalue weighted by Crippen LogP contribution is -2.27. The van der Waals surface area contributed by atoms with E-state index in [1.165, 1.54) is 43.9 Å². The van der Waals surface area contributed by atoms with Crippen molar-refractivity contribution in [2.75, 3.05) is 20.6 Å². The lowest BCUT2D eigenvalue weighted by atomic mass is 10.0. The molecule has 0 heterocycles. The monoisotopic (exact) mass is 410 g/mol. The molecule has 0 aromatic heterocycles. The van der Waals surface area contributed by atoms with Crippen LogP contribution in [0.1, 0.15) is 30.9 Å². The Bertz CT molecular complexity index is 981. The van der Waals surface area contributed by atoms with Crippen LogP contribution in [0, 0.1) is 0 Å². The summed E-state index contributed by atoms with van der Waals surface area (Å²) in [5, 5.41) is 0. The molecule has 0 amide bonds. The van der Waals surface area contributed by atoms with Gasteiger partial charge in [-0.25, -0.2) is 25.9 Å². The van der Waals surface area contributed by atoms with Crippen molar-refractivity contribution in [3.63, 3.8) is 0 Å². The Balaban J connectivity index is 2.08. The molecule has 2 aromatic carbocycles. The van der Waals surface area contributed by atoms with Crippen molar-refractivity contribution in [1.82, 2.24) is 9.03 Å². The summed E-state index contributed by atoms with van der Waals surface area (Å²) in [5.74, 6) is 0.447. The predicted octanol–water partition coefficient (Wildman–Crippen LogP) is 2.58. The second-order valence-corrected chi connectivity index (χ2v) is 10.7. The van der Waals surface area contributed by atoms with Crippen LogP contribution in [-0.2, 0) is 26.5 Å². The minimum Gasteiger partial charge on any atom is -0.211 e. The van der Waals surface area contributed by atoms with Gasteiger partial charge in [0.1, 0.15) is 0 Å². The van der Waals surface area contributed by atoms with Crippen LogP contribution in [0.5, 0.6) is 0 Å². The molecule has 0 radical (unpaired) electrons. The molecular formula is C19H26N2O4S2. The lowest BCUT2D eigenvalue weighted by molar-refractivity contribution is 0.520. The van der Waals surface area contributed by atoms with Gasteiger partial charge < -0.3 is 0 Å². The van der Waals surface area contributed by atoms with Crippen molar-refractivity contribution in [3.8, 4) is 0 Å². The first-order valence-electron chi connectivity index (χ1n) is 8.65. The molecule has 148 valence electrons. The lowest BCUT2D eigenvalue weighted by Gasteiger charge is -2.13. The van der Waals surface area contributed by atoms with Gasteiger partial charge in [-0.2, -0.15) is 0 Å². The molecule has 2 aromatic rings. The van der Waals surface area contributed by atoms with E-state index >= 15 is 0 Å². The van der Waals surface area contributed by atoms with Crippen LogP contribution in [0.3, 0.4) is 0 Å². The van der Waals surface area contributed by atoms with Crippen molar-refractivity contribution < 1.29 is 16.8 Å². The van der Waals surface area contributed by atoms with Gasteiger partial charge in [0.15, 0.2) is 0 Å². The average Bonchev–Trinajstić information content (AvgIpc) is 2.62. The van der Waals surface area contributed by atoms with Crippen LogP contribution in [-0.4, -0.2) is 41.8 Å². The Morgan fingerprint density at radius 2 is 1.52 bits per heavy atom. The van der Waals surface area contributed by atoms with Gasteiger partial charge >= 0.3 is 0 Å². The van der Waals surface area contributed by atoms with Gasteiger partial charge in [-0.05, 0) is 41.7 Å².